The summed E-state index contributed by atoms with van der Waals surface area (Å²) in [7, 11) is 0. The highest BCUT2D eigenvalue weighted by Gasteiger charge is 2.39. The van der Waals surface area contributed by atoms with Gasteiger partial charge >= 0.3 is 5.97 Å². The summed E-state index contributed by atoms with van der Waals surface area (Å²) in [6.07, 6.45) is 4.73. The SMILES string of the molecule is Cc1noc(CCC(=O)NCC2(C(=O)O)CCCCC2)n1. The minimum absolute atomic E-state index is 0.183. The summed E-state index contributed by atoms with van der Waals surface area (Å²) in [6, 6.07) is 0. The highest BCUT2D eigenvalue weighted by Crippen LogP contribution is 2.35. The number of carbonyl (C=O) groups excluding carboxylic acids is 1. The van der Waals surface area contributed by atoms with E-state index in [0.717, 1.165) is 19.3 Å². The third-order valence-electron chi connectivity index (χ3n) is 4.02. The Bertz CT molecular complexity index is 506. The first-order chi connectivity index (χ1) is 10.0. The number of hydrogen-bond acceptors (Lipinski definition) is 5. The molecule has 1 aliphatic rings. The van der Waals surface area contributed by atoms with Crippen LogP contribution >= 0.6 is 0 Å². The van der Waals surface area contributed by atoms with Crippen LogP contribution in [0.1, 0.15) is 50.2 Å². The Labute approximate surface area is 123 Å². The number of aliphatic carboxylic acids is 1. The lowest BCUT2D eigenvalue weighted by Crippen LogP contribution is -2.44. The molecule has 116 valence electrons. The summed E-state index contributed by atoms with van der Waals surface area (Å²) in [4.78, 5) is 27.3. The molecule has 2 rings (SSSR count). The van der Waals surface area contributed by atoms with Crippen LogP contribution < -0.4 is 5.32 Å². The molecule has 1 aliphatic carbocycles. The summed E-state index contributed by atoms with van der Waals surface area (Å²) in [5, 5.41) is 15.8. The molecule has 2 N–H and O–H groups in total. The highest BCUT2D eigenvalue weighted by molar-refractivity contribution is 5.79. The van der Waals surface area contributed by atoms with Gasteiger partial charge in [-0.25, -0.2) is 0 Å². The van der Waals surface area contributed by atoms with Gasteiger partial charge in [-0.3, -0.25) is 9.59 Å². The molecule has 7 heteroatoms. The van der Waals surface area contributed by atoms with E-state index in [-0.39, 0.29) is 18.9 Å². The fourth-order valence-corrected chi connectivity index (χ4v) is 2.71. The van der Waals surface area contributed by atoms with Crippen LogP contribution in [-0.4, -0.2) is 33.7 Å². The Hall–Kier alpha value is -1.92. The maximum absolute atomic E-state index is 11.8. The first kappa shape index (κ1) is 15.5. The molecule has 1 amide bonds. The van der Waals surface area contributed by atoms with Gasteiger partial charge in [0.15, 0.2) is 5.82 Å². The van der Waals surface area contributed by atoms with Crippen molar-refractivity contribution >= 4 is 11.9 Å². The second kappa shape index (κ2) is 6.69. The van der Waals surface area contributed by atoms with Crippen molar-refractivity contribution in [2.75, 3.05) is 6.54 Å². The van der Waals surface area contributed by atoms with E-state index in [1.807, 2.05) is 0 Å². The molecular formula is C14H21N3O4. The number of nitrogens with zero attached hydrogens (tertiary/aromatic N) is 2. The van der Waals surface area contributed by atoms with Crippen molar-refractivity contribution in [2.24, 2.45) is 5.41 Å². The lowest BCUT2D eigenvalue weighted by Gasteiger charge is -2.33. The number of aromatic nitrogens is 2. The van der Waals surface area contributed by atoms with Crippen molar-refractivity contribution in [1.82, 2.24) is 15.5 Å². The van der Waals surface area contributed by atoms with Crippen LogP contribution in [0.15, 0.2) is 4.52 Å². The highest BCUT2D eigenvalue weighted by atomic mass is 16.5. The van der Waals surface area contributed by atoms with Gasteiger partial charge in [0.2, 0.25) is 11.8 Å². The lowest BCUT2D eigenvalue weighted by atomic mass is 9.74. The molecule has 0 spiro atoms. The molecule has 0 saturated heterocycles. The van der Waals surface area contributed by atoms with E-state index < -0.39 is 11.4 Å². The number of carboxylic acid groups (broad SMARTS) is 1. The Morgan fingerprint density at radius 1 is 1.33 bits per heavy atom. The van der Waals surface area contributed by atoms with Crippen LogP contribution in [0.5, 0.6) is 0 Å². The molecule has 0 atom stereocenters. The van der Waals surface area contributed by atoms with Gasteiger partial charge in [-0.05, 0) is 19.8 Å². The van der Waals surface area contributed by atoms with E-state index >= 15 is 0 Å². The summed E-state index contributed by atoms with van der Waals surface area (Å²) in [5.74, 6) is -0.0298. The number of nitrogens with one attached hydrogen (secondary N) is 1. The molecule has 21 heavy (non-hydrogen) atoms. The van der Waals surface area contributed by atoms with Crippen LogP contribution in [0.25, 0.3) is 0 Å². The molecule has 0 bridgehead atoms. The molecule has 1 fully saturated rings. The van der Waals surface area contributed by atoms with Gasteiger partial charge in [0, 0.05) is 19.4 Å². The predicted molar refractivity (Wildman–Crippen MR) is 73.5 cm³/mol. The number of carboxylic acids is 1. The standard InChI is InChI=1S/C14H21N3O4/c1-10-16-12(21-17-10)6-5-11(18)15-9-14(13(19)20)7-3-2-4-8-14/h2-9H2,1H3,(H,15,18)(H,19,20). The summed E-state index contributed by atoms with van der Waals surface area (Å²) in [6.45, 7) is 1.91. The Balaban J connectivity index is 1.80. The van der Waals surface area contributed by atoms with Gasteiger partial charge in [-0.2, -0.15) is 4.98 Å². The van der Waals surface area contributed by atoms with Gasteiger partial charge in [-0.15, -0.1) is 0 Å². The van der Waals surface area contributed by atoms with Crippen molar-refractivity contribution in [2.45, 2.75) is 51.9 Å². The van der Waals surface area contributed by atoms with E-state index in [1.54, 1.807) is 6.92 Å². The Morgan fingerprint density at radius 2 is 2.05 bits per heavy atom. The van der Waals surface area contributed by atoms with E-state index in [4.69, 9.17) is 4.52 Å². The quantitative estimate of drug-likeness (QED) is 0.823. The third kappa shape index (κ3) is 4.03. The average Bonchev–Trinajstić information content (AvgIpc) is 2.89. The second-order valence-electron chi connectivity index (χ2n) is 5.66. The summed E-state index contributed by atoms with van der Waals surface area (Å²) < 4.78 is 4.93. The van der Waals surface area contributed by atoms with Gasteiger partial charge < -0.3 is 14.9 Å². The smallest absolute Gasteiger partial charge is 0.311 e. The molecule has 0 aromatic carbocycles. The number of amides is 1. The van der Waals surface area contributed by atoms with Gasteiger partial charge in [-0.1, -0.05) is 24.4 Å². The topological polar surface area (TPSA) is 105 Å². The maximum atomic E-state index is 11.8. The van der Waals surface area contributed by atoms with Crippen LogP contribution in [0.4, 0.5) is 0 Å². The van der Waals surface area contributed by atoms with E-state index in [1.165, 1.54) is 0 Å². The second-order valence-corrected chi connectivity index (χ2v) is 5.66. The maximum Gasteiger partial charge on any atom is 0.311 e. The van der Waals surface area contributed by atoms with Gasteiger partial charge in [0.25, 0.3) is 0 Å². The summed E-state index contributed by atoms with van der Waals surface area (Å²) >= 11 is 0. The largest absolute Gasteiger partial charge is 0.481 e. The molecule has 0 aliphatic heterocycles. The Kier molecular flexibility index (Phi) is 4.93. The number of rotatable bonds is 6. The molecular weight excluding hydrogens is 274 g/mol. The minimum atomic E-state index is -0.810. The van der Waals surface area contributed by atoms with Gasteiger partial charge in [0.05, 0.1) is 5.41 Å². The van der Waals surface area contributed by atoms with Crippen LogP contribution in [0.3, 0.4) is 0 Å². The first-order valence-corrected chi connectivity index (χ1v) is 7.31. The van der Waals surface area contributed by atoms with Crippen LogP contribution in [0.2, 0.25) is 0 Å². The number of aryl methyl sites for hydroxylation is 2. The zero-order valence-corrected chi connectivity index (χ0v) is 12.2. The predicted octanol–water partition coefficient (Wildman–Crippen LogP) is 1.46. The van der Waals surface area contributed by atoms with Crippen LogP contribution in [0, 0.1) is 12.3 Å². The monoisotopic (exact) mass is 295 g/mol. The zero-order chi connectivity index (χ0) is 15.3. The van der Waals surface area contributed by atoms with Crippen LogP contribution in [-0.2, 0) is 16.0 Å². The van der Waals surface area contributed by atoms with E-state index in [9.17, 15) is 14.7 Å². The molecule has 1 aromatic rings. The van der Waals surface area contributed by atoms with Crippen molar-refractivity contribution < 1.29 is 19.2 Å². The Morgan fingerprint density at radius 3 is 2.62 bits per heavy atom. The molecule has 1 aromatic heterocycles. The number of hydrogen-bond donors (Lipinski definition) is 2. The fourth-order valence-electron chi connectivity index (χ4n) is 2.71. The van der Waals surface area contributed by atoms with Gasteiger partial charge in [0.1, 0.15) is 0 Å². The average molecular weight is 295 g/mol. The lowest BCUT2D eigenvalue weighted by molar-refractivity contribution is -0.151. The number of carbonyl (C=O) groups is 2. The fraction of sp³-hybridized carbons (Fsp3) is 0.714. The minimum Gasteiger partial charge on any atom is -0.481 e. The molecule has 7 nitrogen and oxygen atoms in total. The summed E-state index contributed by atoms with van der Waals surface area (Å²) in [5.41, 5.74) is -0.797. The van der Waals surface area contributed by atoms with Crippen molar-refractivity contribution in [1.29, 1.82) is 0 Å². The molecule has 1 saturated carbocycles. The molecule has 0 unspecified atom stereocenters. The van der Waals surface area contributed by atoms with E-state index in [2.05, 4.69) is 15.5 Å². The first-order valence-electron chi connectivity index (χ1n) is 7.31. The van der Waals surface area contributed by atoms with Crippen molar-refractivity contribution in [3.63, 3.8) is 0 Å². The third-order valence-corrected chi connectivity index (χ3v) is 4.02. The van der Waals surface area contributed by atoms with Crippen molar-refractivity contribution in [3.05, 3.63) is 11.7 Å². The van der Waals surface area contributed by atoms with E-state index in [0.29, 0.717) is 31.0 Å². The normalized spacial score (nSPS) is 17.4. The zero-order valence-electron chi connectivity index (χ0n) is 12.2. The molecule has 0 radical (unpaired) electrons. The molecule has 1 heterocycles. The van der Waals surface area contributed by atoms with Crippen molar-refractivity contribution in [3.8, 4) is 0 Å².